The van der Waals surface area contributed by atoms with Gasteiger partial charge in [-0.3, -0.25) is 9.59 Å². The molecule has 2 aromatic heterocycles. The molecule has 0 unspecified atom stereocenters. The Morgan fingerprint density at radius 2 is 2.00 bits per heavy atom. The van der Waals surface area contributed by atoms with E-state index in [2.05, 4.69) is 30.2 Å². The molecule has 0 saturated carbocycles. The molecule has 0 saturated heterocycles. The Morgan fingerprint density at radius 1 is 1.22 bits per heavy atom. The van der Waals surface area contributed by atoms with Crippen molar-refractivity contribution in [2.24, 2.45) is 15.7 Å². The Hall–Kier alpha value is -5.31. The SMILES string of the molecule is CCCN(C(=O)OCOC(=O)CO)C(=O)c1c[nH]c(C(N=CN)=Nc2cc(C(=O)Nc3ccon3)ccc2C)c1C. The average Bonchev–Trinajstić information content (AvgIpc) is 3.61. The highest BCUT2D eigenvalue weighted by Gasteiger charge is 2.27. The first-order valence-corrected chi connectivity index (χ1v) is 12.3. The van der Waals surface area contributed by atoms with Crippen LogP contribution in [0.25, 0.3) is 0 Å². The van der Waals surface area contributed by atoms with Gasteiger partial charge in [0.1, 0.15) is 12.9 Å². The molecule has 0 aliphatic carbocycles. The number of carbonyl (C=O) groups is 4. The third kappa shape index (κ3) is 7.63. The topological polar surface area (TPSA) is 215 Å². The highest BCUT2D eigenvalue weighted by Crippen LogP contribution is 2.24. The second kappa shape index (κ2) is 14.2. The van der Waals surface area contributed by atoms with Gasteiger partial charge in [-0.1, -0.05) is 18.1 Å². The molecule has 0 spiro atoms. The number of nitrogens with zero attached hydrogens (tertiary/aromatic N) is 4. The molecule has 15 nitrogen and oxygen atoms in total. The minimum Gasteiger partial charge on any atom is -0.426 e. The predicted octanol–water partition coefficient (Wildman–Crippen LogP) is 2.42. The quantitative estimate of drug-likeness (QED) is 0.121. The fourth-order valence-electron chi connectivity index (χ4n) is 3.53. The van der Waals surface area contributed by atoms with Crippen molar-refractivity contribution in [3.63, 3.8) is 0 Å². The molecule has 0 atom stereocenters. The third-order valence-electron chi connectivity index (χ3n) is 5.61. The van der Waals surface area contributed by atoms with Gasteiger partial charge < -0.3 is 35.1 Å². The standard InChI is InChI=1S/C26H29N7O8/c1-4-8-33(26(38)40-14-39-21(35)12-34)25(37)18-11-28-22(16(18)3)23(29-13-27)30-19-10-17(6-5-15(19)2)24(36)31-20-7-9-41-32-20/h5-7,9-11,13,28,34H,4,8,12,14H2,1-3H3,(H2,27,29,30)(H,31,32,36). The Morgan fingerprint density at radius 3 is 2.66 bits per heavy atom. The van der Waals surface area contributed by atoms with Crippen LogP contribution in [0.4, 0.5) is 16.3 Å². The zero-order valence-corrected chi connectivity index (χ0v) is 22.5. The number of aryl methyl sites for hydroxylation is 1. The normalized spacial score (nSPS) is 11.4. The van der Waals surface area contributed by atoms with Crippen LogP contribution in [0.5, 0.6) is 0 Å². The number of anilines is 1. The first-order valence-electron chi connectivity index (χ1n) is 12.3. The smallest absolute Gasteiger partial charge is 0.419 e. The molecule has 3 rings (SSSR count). The summed E-state index contributed by atoms with van der Waals surface area (Å²) in [6.07, 6.45) is 3.15. The number of benzene rings is 1. The minimum absolute atomic E-state index is 0.0237. The van der Waals surface area contributed by atoms with E-state index in [4.69, 9.17) is 20.1 Å². The van der Waals surface area contributed by atoms with Crippen LogP contribution < -0.4 is 11.1 Å². The molecule has 2 heterocycles. The van der Waals surface area contributed by atoms with Crippen molar-refractivity contribution in [3.8, 4) is 0 Å². The molecular weight excluding hydrogens is 538 g/mol. The number of aromatic amines is 1. The predicted molar refractivity (Wildman–Crippen MR) is 146 cm³/mol. The molecule has 3 aromatic rings. The fraction of sp³-hybridized carbons (Fsp3) is 0.269. The van der Waals surface area contributed by atoms with E-state index in [1.807, 2.05) is 0 Å². The van der Waals surface area contributed by atoms with E-state index in [-0.39, 0.29) is 23.8 Å². The van der Waals surface area contributed by atoms with E-state index in [0.717, 1.165) is 16.8 Å². The number of nitrogens with two attached hydrogens (primary N) is 1. The average molecular weight is 568 g/mol. The summed E-state index contributed by atoms with van der Waals surface area (Å²) in [6.45, 7) is 3.57. The lowest BCUT2D eigenvalue weighted by molar-refractivity contribution is -0.155. The molecule has 5 N–H and O–H groups in total. The highest BCUT2D eigenvalue weighted by atomic mass is 16.7. The van der Waals surface area contributed by atoms with E-state index < -0.39 is 37.3 Å². The van der Waals surface area contributed by atoms with Crippen molar-refractivity contribution in [3.05, 3.63) is 64.7 Å². The maximum absolute atomic E-state index is 13.3. The van der Waals surface area contributed by atoms with E-state index in [0.29, 0.717) is 28.9 Å². The van der Waals surface area contributed by atoms with Gasteiger partial charge in [0.25, 0.3) is 11.8 Å². The highest BCUT2D eigenvalue weighted by molar-refractivity contribution is 6.09. The van der Waals surface area contributed by atoms with Crippen molar-refractivity contribution in [1.82, 2.24) is 15.0 Å². The number of hydrogen-bond donors (Lipinski definition) is 4. The number of hydrogen-bond acceptors (Lipinski definition) is 10. The Kier molecular flexibility index (Phi) is 10.5. The van der Waals surface area contributed by atoms with E-state index in [9.17, 15) is 19.2 Å². The van der Waals surface area contributed by atoms with Gasteiger partial charge in [-0.25, -0.2) is 24.5 Å². The number of aliphatic imine (C=N–C) groups is 2. The van der Waals surface area contributed by atoms with Crippen molar-refractivity contribution in [1.29, 1.82) is 0 Å². The Bertz CT molecular complexity index is 1460. The number of esters is 1. The maximum Gasteiger partial charge on any atom is 0.419 e. The fourth-order valence-corrected chi connectivity index (χ4v) is 3.53. The molecule has 0 radical (unpaired) electrons. The summed E-state index contributed by atoms with van der Waals surface area (Å²) in [6, 6.07) is 6.39. The van der Waals surface area contributed by atoms with Crippen LogP contribution in [-0.2, 0) is 14.3 Å². The Labute approximate surface area is 234 Å². The molecular formula is C26H29N7O8. The lowest BCUT2D eigenvalue weighted by Gasteiger charge is -2.19. The molecule has 0 bridgehead atoms. The molecule has 216 valence electrons. The monoisotopic (exact) mass is 567 g/mol. The molecule has 0 aliphatic rings. The number of rotatable bonds is 10. The number of nitrogens with one attached hydrogen (secondary N) is 2. The lowest BCUT2D eigenvalue weighted by atomic mass is 10.1. The van der Waals surface area contributed by atoms with Gasteiger partial charge in [-0.2, -0.15) is 0 Å². The number of imide groups is 1. The van der Waals surface area contributed by atoms with E-state index >= 15 is 0 Å². The third-order valence-corrected chi connectivity index (χ3v) is 5.61. The number of amidine groups is 1. The van der Waals surface area contributed by atoms with Crippen molar-refractivity contribution >= 4 is 47.6 Å². The second-order valence-corrected chi connectivity index (χ2v) is 8.42. The number of amides is 3. The molecule has 0 aliphatic heterocycles. The molecule has 15 heteroatoms. The molecule has 1 aromatic carbocycles. The first-order chi connectivity index (χ1) is 19.7. The van der Waals surface area contributed by atoms with Crippen molar-refractivity contribution in [2.75, 3.05) is 25.3 Å². The van der Waals surface area contributed by atoms with E-state index in [1.54, 1.807) is 39.0 Å². The van der Waals surface area contributed by atoms with Crippen LogP contribution in [0.3, 0.4) is 0 Å². The van der Waals surface area contributed by atoms with Crippen molar-refractivity contribution in [2.45, 2.75) is 27.2 Å². The zero-order valence-electron chi connectivity index (χ0n) is 22.5. The first kappa shape index (κ1) is 30.2. The number of carbonyl (C=O) groups excluding carboxylic acids is 4. The number of ether oxygens (including phenoxy) is 2. The van der Waals surface area contributed by atoms with Crippen LogP contribution in [0.15, 0.2) is 51.2 Å². The number of aliphatic hydroxyl groups excluding tert-OH is 1. The number of aromatic nitrogens is 2. The summed E-state index contributed by atoms with van der Waals surface area (Å²) in [4.78, 5) is 62.1. The van der Waals surface area contributed by atoms with Gasteiger partial charge in [0.2, 0.25) is 6.79 Å². The summed E-state index contributed by atoms with van der Waals surface area (Å²) in [5.41, 5.74) is 7.91. The van der Waals surface area contributed by atoms with Gasteiger partial charge in [-0.05, 0) is 43.5 Å². The van der Waals surface area contributed by atoms with Crippen LogP contribution in [0.1, 0.15) is 50.9 Å². The summed E-state index contributed by atoms with van der Waals surface area (Å²) in [7, 11) is 0. The number of H-pyrrole nitrogens is 1. The Balaban J connectivity index is 1.89. The summed E-state index contributed by atoms with van der Waals surface area (Å²) in [5.74, 6) is -1.73. The van der Waals surface area contributed by atoms with Gasteiger partial charge in [0.05, 0.1) is 23.3 Å². The second-order valence-electron chi connectivity index (χ2n) is 8.42. The van der Waals surface area contributed by atoms with Crippen molar-refractivity contribution < 1.29 is 38.3 Å². The van der Waals surface area contributed by atoms with Gasteiger partial charge >= 0.3 is 12.1 Å². The molecule has 3 amide bonds. The summed E-state index contributed by atoms with van der Waals surface area (Å²) < 4.78 is 14.1. The molecule has 41 heavy (non-hydrogen) atoms. The summed E-state index contributed by atoms with van der Waals surface area (Å²) in [5, 5.41) is 15.0. The summed E-state index contributed by atoms with van der Waals surface area (Å²) >= 11 is 0. The van der Waals surface area contributed by atoms with Gasteiger partial charge in [0.15, 0.2) is 11.7 Å². The largest absolute Gasteiger partial charge is 0.426 e. The van der Waals surface area contributed by atoms with Crippen LogP contribution in [0, 0.1) is 13.8 Å². The zero-order chi connectivity index (χ0) is 29.9. The number of aliphatic hydroxyl groups is 1. The van der Waals surface area contributed by atoms with Crippen LogP contribution in [0.2, 0.25) is 0 Å². The van der Waals surface area contributed by atoms with Gasteiger partial charge in [-0.15, -0.1) is 0 Å². The minimum atomic E-state index is -1.03. The van der Waals surface area contributed by atoms with Gasteiger partial charge in [0, 0.05) is 24.4 Å². The van der Waals surface area contributed by atoms with Crippen LogP contribution in [-0.4, -0.2) is 76.1 Å². The maximum atomic E-state index is 13.3. The van der Waals surface area contributed by atoms with Crippen LogP contribution >= 0.6 is 0 Å². The van der Waals surface area contributed by atoms with E-state index in [1.165, 1.54) is 18.5 Å². The molecule has 0 fully saturated rings. The lowest BCUT2D eigenvalue weighted by Crippen LogP contribution is -2.38.